The minimum absolute atomic E-state index is 0.398. The average Bonchev–Trinajstić information content (AvgIpc) is 2.69. The molecule has 112 valence electrons. The average molecular weight is 276 g/mol. The van der Waals surface area contributed by atoms with Crippen LogP contribution in [0.4, 0.5) is 0 Å². The van der Waals surface area contributed by atoms with Gasteiger partial charge in [0.1, 0.15) is 5.75 Å². The Morgan fingerprint density at radius 3 is 2.65 bits per heavy atom. The number of hydrogen-bond acceptors (Lipinski definition) is 3. The zero-order chi connectivity index (χ0) is 14.4. The second kappa shape index (κ2) is 7.65. The number of rotatable bonds is 5. The zero-order valence-electron chi connectivity index (χ0n) is 13.1. The largest absolute Gasteiger partial charge is 0.497 e. The Hall–Kier alpha value is -1.06. The van der Waals surface area contributed by atoms with Crippen LogP contribution in [0.5, 0.6) is 5.75 Å². The van der Waals surface area contributed by atoms with Crippen LogP contribution in [0.1, 0.15) is 37.8 Å². The molecule has 0 radical (unpaired) electrons. The monoisotopic (exact) mass is 276 g/mol. The number of nitrogens with zero attached hydrogens (tertiary/aromatic N) is 1. The van der Waals surface area contributed by atoms with Gasteiger partial charge in [-0.25, -0.2) is 0 Å². The normalized spacial score (nSPS) is 22.2. The van der Waals surface area contributed by atoms with E-state index < -0.39 is 0 Å². The van der Waals surface area contributed by atoms with Crippen molar-refractivity contribution in [2.24, 2.45) is 5.92 Å². The first-order chi connectivity index (χ1) is 9.72. The standard InChI is InChI=1S/C17H28N2O/c1-14-5-4-11-19(12-10-14)13-17(18-2)15-6-8-16(20-3)9-7-15/h6-9,14,17-18H,4-5,10-13H2,1-3H3. The number of likely N-dealkylation sites (N-methyl/N-ethyl adjacent to an activating group) is 1. The smallest absolute Gasteiger partial charge is 0.118 e. The van der Waals surface area contributed by atoms with E-state index in [4.69, 9.17) is 4.74 Å². The highest BCUT2D eigenvalue weighted by Crippen LogP contribution is 2.21. The van der Waals surface area contributed by atoms with Crippen LogP contribution in [0.15, 0.2) is 24.3 Å². The van der Waals surface area contributed by atoms with Gasteiger partial charge in [0.2, 0.25) is 0 Å². The number of nitrogens with one attached hydrogen (secondary N) is 1. The van der Waals surface area contributed by atoms with Crippen molar-refractivity contribution in [3.63, 3.8) is 0 Å². The number of benzene rings is 1. The Balaban J connectivity index is 1.96. The summed E-state index contributed by atoms with van der Waals surface area (Å²) >= 11 is 0. The van der Waals surface area contributed by atoms with Crippen molar-refractivity contribution >= 4 is 0 Å². The van der Waals surface area contributed by atoms with E-state index >= 15 is 0 Å². The van der Waals surface area contributed by atoms with Crippen molar-refractivity contribution in [3.05, 3.63) is 29.8 Å². The molecule has 0 aromatic heterocycles. The van der Waals surface area contributed by atoms with E-state index in [9.17, 15) is 0 Å². The van der Waals surface area contributed by atoms with E-state index in [0.29, 0.717) is 6.04 Å². The summed E-state index contributed by atoms with van der Waals surface area (Å²) < 4.78 is 5.23. The minimum atomic E-state index is 0.398. The summed E-state index contributed by atoms with van der Waals surface area (Å²) in [5, 5.41) is 3.45. The quantitative estimate of drug-likeness (QED) is 0.894. The number of likely N-dealkylation sites (tertiary alicyclic amines) is 1. The van der Waals surface area contributed by atoms with Gasteiger partial charge < -0.3 is 15.0 Å². The molecule has 0 aliphatic carbocycles. The summed E-state index contributed by atoms with van der Waals surface area (Å²) in [4.78, 5) is 2.61. The van der Waals surface area contributed by atoms with Gasteiger partial charge in [0.25, 0.3) is 0 Å². The van der Waals surface area contributed by atoms with Gasteiger partial charge in [0, 0.05) is 12.6 Å². The van der Waals surface area contributed by atoms with Crippen LogP contribution in [0.3, 0.4) is 0 Å². The van der Waals surface area contributed by atoms with Gasteiger partial charge in [-0.3, -0.25) is 0 Å². The van der Waals surface area contributed by atoms with Crippen molar-refractivity contribution in [1.82, 2.24) is 10.2 Å². The van der Waals surface area contributed by atoms with E-state index in [0.717, 1.165) is 18.2 Å². The third kappa shape index (κ3) is 4.22. The van der Waals surface area contributed by atoms with Crippen LogP contribution < -0.4 is 10.1 Å². The van der Waals surface area contributed by atoms with Gasteiger partial charge in [-0.1, -0.05) is 19.1 Å². The summed E-state index contributed by atoms with van der Waals surface area (Å²) in [5.74, 6) is 1.81. The van der Waals surface area contributed by atoms with Crippen molar-refractivity contribution in [1.29, 1.82) is 0 Å². The predicted molar refractivity (Wildman–Crippen MR) is 84.2 cm³/mol. The fourth-order valence-corrected chi connectivity index (χ4v) is 2.96. The Morgan fingerprint density at radius 2 is 2.00 bits per heavy atom. The predicted octanol–water partition coefficient (Wildman–Crippen LogP) is 3.08. The molecule has 3 nitrogen and oxygen atoms in total. The minimum Gasteiger partial charge on any atom is -0.497 e. The molecule has 0 amide bonds. The summed E-state index contributed by atoms with van der Waals surface area (Å²) in [6, 6.07) is 8.82. The summed E-state index contributed by atoms with van der Waals surface area (Å²) in [5.41, 5.74) is 1.34. The maximum Gasteiger partial charge on any atom is 0.118 e. The summed E-state index contributed by atoms with van der Waals surface area (Å²) in [6.45, 7) is 5.94. The summed E-state index contributed by atoms with van der Waals surface area (Å²) in [6.07, 6.45) is 4.04. The van der Waals surface area contributed by atoms with Crippen molar-refractivity contribution in [2.45, 2.75) is 32.2 Å². The van der Waals surface area contributed by atoms with Gasteiger partial charge in [-0.2, -0.15) is 0 Å². The van der Waals surface area contributed by atoms with Crippen LogP contribution in [-0.4, -0.2) is 38.7 Å². The first-order valence-electron chi connectivity index (χ1n) is 7.76. The maximum absolute atomic E-state index is 5.23. The Bertz CT molecular complexity index is 390. The SMILES string of the molecule is CNC(CN1CCCC(C)CC1)c1ccc(OC)cc1. The lowest BCUT2D eigenvalue weighted by molar-refractivity contribution is 0.253. The molecule has 1 aliphatic heterocycles. The molecule has 1 aromatic carbocycles. The zero-order valence-corrected chi connectivity index (χ0v) is 13.1. The fourth-order valence-electron chi connectivity index (χ4n) is 2.96. The second-order valence-electron chi connectivity index (χ2n) is 5.95. The molecule has 2 unspecified atom stereocenters. The highest BCUT2D eigenvalue weighted by atomic mass is 16.5. The van der Waals surface area contributed by atoms with Gasteiger partial charge in [0.05, 0.1) is 7.11 Å². The third-order valence-corrected chi connectivity index (χ3v) is 4.42. The molecule has 1 fully saturated rings. The van der Waals surface area contributed by atoms with E-state index in [1.165, 1.54) is 37.9 Å². The van der Waals surface area contributed by atoms with Crippen LogP contribution in [-0.2, 0) is 0 Å². The molecule has 20 heavy (non-hydrogen) atoms. The van der Waals surface area contributed by atoms with Crippen molar-refractivity contribution < 1.29 is 4.74 Å². The third-order valence-electron chi connectivity index (χ3n) is 4.42. The first-order valence-corrected chi connectivity index (χ1v) is 7.76. The maximum atomic E-state index is 5.23. The van der Waals surface area contributed by atoms with Crippen LogP contribution in [0.25, 0.3) is 0 Å². The molecule has 1 saturated heterocycles. The Labute approximate surface area is 123 Å². The van der Waals surface area contributed by atoms with Gasteiger partial charge >= 0.3 is 0 Å². The van der Waals surface area contributed by atoms with E-state index in [2.05, 4.69) is 36.3 Å². The number of hydrogen-bond donors (Lipinski definition) is 1. The first kappa shape index (κ1) is 15.3. The molecule has 0 spiro atoms. The van der Waals surface area contributed by atoms with Gasteiger partial charge in [-0.15, -0.1) is 0 Å². The van der Waals surface area contributed by atoms with Gasteiger partial charge in [-0.05, 0) is 63.0 Å². The molecule has 2 rings (SSSR count). The Kier molecular flexibility index (Phi) is 5.86. The highest BCUT2D eigenvalue weighted by molar-refractivity contribution is 5.29. The van der Waals surface area contributed by atoms with Gasteiger partial charge in [0.15, 0.2) is 0 Å². The Morgan fingerprint density at radius 1 is 1.25 bits per heavy atom. The van der Waals surface area contributed by atoms with E-state index in [1.54, 1.807) is 7.11 Å². The van der Waals surface area contributed by atoms with Crippen LogP contribution >= 0.6 is 0 Å². The van der Waals surface area contributed by atoms with E-state index in [1.807, 2.05) is 12.1 Å². The van der Waals surface area contributed by atoms with E-state index in [-0.39, 0.29) is 0 Å². The molecule has 3 heteroatoms. The molecular weight excluding hydrogens is 248 g/mol. The molecular formula is C17H28N2O. The second-order valence-corrected chi connectivity index (χ2v) is 5.95. The topological polar surface area (TPSA) is 24.5 Å². The lowest BCUT2D eigenvalue weighted by atomic mass is 10.0. The molecule has 1 aliphatic rings. The molecule has 2 atom stereocenters. The van der Waals surface area contributed by atoms with Crippen LogP contribution in [0, 0.1) is 5.92 Å². The number of ether oxygens (including phenoxy) is 1. The van der Waals surface area contributed by atoms with Crippen molar-refractivity contribution in [2.75, 3.05) is 33.8 Å². The molecule has 0 bridgehead atoms. The molecule has 0 saturated carbocycles. The molecule has 1 N–H and O–H groups in total. The molecule has 1 heterocycles. The van der Waals surface area contributed by atoms with Crippen molar-refractivity contribution in [3.8, 4) is 5.75 Å². The van der Waals surface area contributed by atoms with Crippen LogP contribution in [0.2, 0.25) is 0 Å². The highest BCUT2D eigenvalue weighted by Gasteiger charge is 2.18. The molecule has 1 aromatic rings. The lowest BCUT2D eigenvalue weighted by Gasteiger charge is -2.26. The number of methoxy groups -OCH3 is 1. The lowest BCUT2D eigenvalue weighted by Crippen LogP contribution is -2.34. The summed E-state index contributed by atoms with van der Waals surface area (Å²) in [7, 11) is 3.76. The fraction of sp³-hybridized carbons (Fsp3) is 0.647.